The summed E-state index contributed by atoms with van der Waals surface area (Å²) < 4.78 is 5.22. The van der Waals surface area contributed by atoms with E-state index in [4.69, 9.17) is 4.74 Å². The molecule has 0 aliphatic heterocycles. The van der Waals surface area contributed by atoms with Gasteiger partial charge in [-0.2, -0.15) is 0 Å². The number of fused-ring (bicyclic) bond motifs is 1. The largest absolute Gasteiger partial charge is 0.497 e. The van der Waals surface area contributed by atoms with Gasteiger partial charge in [0.1, 0.15) is 11.5 Å². The number of hydrogen-bond donors (Lipinski definition) is 1. The van der Waals surface area contributed by atoms with E-state index in [1.54, 1.807) is 7.11 Å². The zero-order valence-corrected chi connectivity index (χ0v) is 14.7. The van der Waals surface area contributed by atoms with E-state index in [0.29, 0.717) is 12.8 Å². The molecular formula is C22H23NO2. The normalized spacial score (nSPS) is 11.9. The molecule has 0 unspecified atom stereocenters. The summed E-state index contributed by atoms with van der Waals surface area (Å²) in [5.41, 5.74) is 2.12. The molecule has 0 fully saturated rings. The van der Waals surface area contributed by atoms with Crippen molar-refractivity contribution in [3.8, 4) is 5.75 Å². The van der Waals surface area contributed by atoms with E-state index in [0.717, 1.165) is 17.0 Å². The summed E-state index contributed by atoms with van der Waals surface area (Å²) in [4.78, 5) is 12.2. The van der Waals surface area contributed by atoms with Crippen LogP contribution in [-0.2, 0) is 4.79 Å². The smallest absolute Gasteiger partial charge is 0.135 e. The highest BCUT2D eigenvalue weighted by molar-refractivity contribution is 5.88. The first-order chi connectivity index (χ1) is 12.2. The first kappa shape index (κ1) is 17.0. The molecule has 3 aromatic carbocycles. The molecule has 0 aliphatic carbocycles. The van der Waals surface area contributed by atoms with Crippen molar-refractivity contribution in [2.45, 2.75) is 25.8 Å². The van der Waals surface area contributed by atoms with Crippen molar-refractivity contribution in [2.75, 3.05) is 12.4 Å². The van der Waals surface area contributed by atoms with Crippen molar-refractivity contribution >= 4 is 22.2 Å². The first-order valence-corrected chi connectivity index (χ1v) is 8.61. The average Bonchev–Trinajstić information content (AvgIpc) is 2.67. The molecule has 0 spiro atoms. The van der Waals surface area contributed by atoms with Crippen LogP contribution in [0.25, 0.3) is 10.8 Å². The molecule has 0 saturated carbocycles. The van der Waals surface area contributed by atoms with E-state index in [1.807, 2.05) is 43.3 Å². The van der Waals surface area contributed by atoms with Crippen LogP contribution in [0.5, 0.6) is 5.75 Å². The maximum Gasteiger partial charge on any atom is 0.135 e. The van der Waals surface area contributed by atoms with E-state index < -0.39 is 0 Å². The molecule has 0 radical (unpaired) electrons. The van der Waals surface area contributed by atoms with Gasteiger partial charge in [0, 0.05) is 18.5 Å². The van der Waals surface area contributed by atoms with Gasteiger partial charge in [-0.25, -0.2) is 0 Å². The molecule has 1 atom stereocenters. The number of hydrogen-bond acceptors (Lipinski definition) is 3. The Balaban J connectivity index is 1.97. The molecule has 3 aromatic rings. The van der Waals surface area contributed by atoms with Crippen molar-refractivity contribution in [1.29, 1.82) is 0 Å². The third-order valence-corrected chi connectivity index (χ3v) is 4.46. The molecule has 0 saturated heterocycles. The number of ketones is 1. The fraction of sp³-hybridized carbons (Fsp3) is 0.227. The quantitative estimate of drug-likeness (QED) is 0.631. The molecule has 3 heteroatoms. The summed E-state index contributed by atoms with van der Waals surface area (Å²) in [6.07, 6.45) is 1.02. The Hall–Kier alpha value is -2.81. The fourth-order valence-corrected chi connectivity index (χ4v) is 3.05. The molecule has 0 aromatic heterocycles. The van der Waals surface area contributed by atoms with Gasteiger partial charge in [0.25, 0.3) is 0 Å². The number of anilines is 1. The molecule has 128 valence electrons. The first-order valence-electron chi connectivity index (χ1n) is 8.61. The summed E-state index contributed by atoms with van der Waals surface area (Å²) in [7, 11) is 1.65. The minimum atomic E-state index is -0.0630. The molecule has 0 aliphatic rings. The SMILES string of the molecule is CCC(=O)C[C@H](Nc1ccc(OC)cc1)c1cccc2ccccc12. The Bertz CT molecular complexity index is 850. The third-order valence-electron chi connectivity index (χ3n) is 4.46. The van der Waals surface area contributed by atoms with Crippen molar-refractivity contribution in [3.05, 3.63) is 72.3 Å². The lowest BCUT2D eigenvalue weighted by Gasteiger charge is -2.22. The van der Waals surface area contributed by atoms with Crippen LogP contribution in [0.15, 0.2) is 66.7 Å². The molecule has 0 bridgehead atoms. The molecule has 1 N–H and O–H groups in total. The lowest BCUT2D eigenvalue weighted by molar-refractivity contribution is -0.119. The van der Waals surface area contributed by atoms with Crippen molar-refractivity contribution in [1.82, 2.24) is 0 Å². The second-order valence-corrected chi connectivity index (χ2v) is 6.09. The summed E-state index contributed by atoms with van der Waals surface area (Å²) in [6, 6.07) is 22.3. The van der Waals surface area contributed by atoms with E-state index in [1.165, 1.54) is 10.8 Å². The predicted octanol–water partition coefficient (Wildman–Crippen LogP) is 5.37. The Morgan fingerprint density at radius 1 is 1.00 bits per heavy atom. The minimum Gasteiger partial charge on any atom is -0.497 e. The van der Waals surface area contributed by atoms with Gasteiger partial charge in [0.2, 0.25) is 0 Å². The Labute approximate surface area is 148 Å². The standard InChI is InChI=1S/C22H23NO2/c1-3-18(24)15-22(23-17-11-13-19(25-2)14-12-17)21-10-6-8-16-7-4-5-9-20(16)21/h4-14,22-23H,3,15H2,1-2H3/t22-/m0/s1. The minimum absolute atomic E-state index is 0.0630. The highest BCUT2D eigenvalue weighted by Crippen LogP contribution is 2.30. The van der Waals surface area contributed by atoms with E-state index in [-0.39, 0.29) is 11.8 Å². The summed E-state index contributed by atoms with van der Waals surface area (Å²) in [5.74, 6) is 1.07. The van der Waals surface area contributed by atoms with Crippen LogP contribution in [-0.4, -0.2) is 12.9 Å². The monoisotopic (exact) mass is 333 g/mol. The van der Waals surface area contributed by atoms with Crippen LogP contribution >= 0.6 is 0 Å². The average molecular weight is 333 g/mol. The van der Waals surface area contributed by atoms with E-state index in [2.05, 4.69) is 35.6 Å². The van der Waals surface area contributed by atoms with Crippen molar-refractivity contribution in [3.63, 3.8) is 0 Å². The number of ether oxygens (including phenoxy) is 1. The number of Topliss-reactive ketones (excluding diaryl/α,β-unsaturated/α-hetero) is 1. The van der Waals surface area contributed by atoms with Crippen LogP contribution in [0.3, 0.4) is 0 Å². The van der Waals surface area contributed by atoms with Gasteiger partial charge in [-0.3, -0.25) is 4.79 Å². The maximum atomic E-state index is 12.2. The summed E-state index contributed by atoms with van der Waals surface area (Å²) in [6.45, 7) is 1.91. The molecule has 0 heterocycles. The van der Waals surface area contributed by atoms with Crippen molar-refractivity contribution < 1.29 is 9.53 Å². The Kier molecular flexibility index (Phi) is 5.34. The number of nitrogens with one attached hydrogen (secondary N) is 1. The number of rotatable bonds is 7. The summed E-state index contributed by atoms with van der Waals surface area (Å²) >= 11 is 0. The van der Waals surface area contributed by atoms with Gasteiger partial charge in [-0.15, -0.1) is 0 Å². The van der Waals surface area contributed by atoms with Crippen LogP contribution in [0.4, 0.5) is 5.69 Å². The molecule has 25 heavy (non-hydrogen) atoms. The zero-order valence-electron chi connectivity index (χ0n) is 14.7. The van der Waals surface area contributed by atoms with Gasteiger partial charge >= 0.3 is 0 Å². The van der Waals surface area contributed by atoms with Crippen LogP contribution in [0, 0.1) is 0 Å². The second-order valence-electron chi connectivity index (χ2n) is 6.09. The van der Waals surface area contributed by atoms with Crippen LogP contribution in [0.1, 0.15) is 31.4 Å². The molecule has 0 amide bonds. The van der Waals surface area contributed by atoms with Crippen LogP contribution in [0.2, 0.25) is 0 Å². The van der Waals surface area contributed by atoms with Gasteiger partial charge in [0.05, 0.1) is 13.2 Å². The zero-order chi connectivity index (χ0) is 17.6. The fourth-order valence-electron chi connectivity index (χ4n) is 3.05. The number of benzene rings is 3. The number of methoxy groups -OCH3 is 1. The number of carbonyl (C=O) groups is 1. The van der Waals surface area contributed by atoms with Crippen molar-refractivity contribution in [2.24, 2.45) is 0 Å². The van der Waals surface area contributed by atoms with E-state index >= 15 is 0 Å². The second kappa shape index (κ2) is 7.84. The number of carbonyl (C=O) groups excluding carboxylic acids is 1. The van der Waals surface area contributed by atoms with Gasteiger partial charge < -0.3 is 10.1 Å². The Morgan fingerprint density at radius 3 is 2.44 bits per heavy atom. The topological polar surface area (TPSA) is 38.3 Å². The molecular weight excluding hydrogens is 310 g/mol. The van der Waals surface area contributed by atoms with E-state index in [9.17, 15) is 4.79 Å². The highest BCUT2D eigenvalue weighted by atomic mass is 16.5. The molecule has 3 nitrogen and oxygen atoms in total. The van der Waals surface area contributed by atoms with Gasteiger partial charge in [-0.05, 0) is 40.6 Å². The van der Waals surface area contributed by atoms with Gasteiger partial charge in [-0.1, -0.05) is 49.4 Å². The predicted molar refractivity (Wildman–Crippen MR) is 103 cm³/mol. The lowest BCUT2D eigenvalue weighted by atomic mass is 9.94. The van der Waals surface area contributed by atoms with Crippen LogP contribution < -0.4 is 10.1 Å². The highest BCUT2D eigenvalue weighted by Gasteiger charge is 2.17. The maximum absolute atomic E-state index is 12.2. The third kappa shape index (κ3) is 4.00. The Morgan fingerprint density at radius 2 is 1.72 bits per heavy atom. The van der Waals surface area contributed by atoms with Gasteiger partial charge in [0.15, 0.2) is 0 Å². The molecule has 3 rings (SSSR count). The lowest BCUT2D eigenvalue weighted by Crippen LogP contribution is -2.15. The summed E-state index contributed by atoms with van der Waals surface area (Å²) in [5, 5.41) is 5.89.